The minimum Gasteiger partial charge on any atom is -0.479 e. The Hall–Kier alpha value is -1.45. The van der Waals surface area contributed by atoms with E-state index in [9.17, 15) is 55.9 Å². The molecular formula is C29H43NO24. The van der Waals surface area contributed by atoms with Crippen LogP contribution in [0.1, 0.15) is 0 Å². The number of ether oxygens (including phenoxy) is 13. The Morgan fingerprint density at radius 2 is 0.981 bits per heavy atom. The van der Waals surface area contributed by atoms with Crippen molar-refractivity contribution >= 4 is 5.97 Å². The normalized spacial score (nSPS) is 56.3. The molecule has 8 rings (SSSR count). The molecule has 25 nitrogen and oxygen atoms in total. The molecule has 8 aliphatic rings. The number of nitrogens with two attached hydrogens (primary N) is 1. The van der Waals surface area contributed by atoms with E-state index in [1.54, 1.807) is 0 Å². The highest BCUT2D eigenvalue weighted by Crippen LogP contribution is 2.44. The van der Waals surface area contributed by atoms with Crippen LogP contribution in [0.4, 0.5) is 0 Å². The van der Waals surface area contributed by atoms with Gasteiger partial charge in [0.05, 0.1) is 13.2 Å². The summed E-state index contributed by atoms with van der Waals surface area (Å²) in [5, 5.41) is 106. The van der Waals surface area contributed by atoms with Gasteiger partial charge in [0.15, 0.2) is 56.4 Å². The summed E-state index contributed by atoms with van der Waals surface area (Å²) in [5.74, 6) is -1.76. The van der Waals surface area contributed by atoms with Crippen LogP contribution in [-0.2, 0) is 66.4 Å². The highest BCUT2D eigenvalue weighted by Gasteiger charge is 2.64. The predicted octanol–water partition coefficient (Wildman–Crippen LogP) is -8.84. The Balaban J connectivity index is 1.06. The second-order valence-corrected chi connectivity index (χ2v) is 13.9. The lowest BCUT2D eigenvalue weighted by Gasteiger charge is -2.48. The molecule has 8 heterocycles. The number of aliphatic hydroxyl groups is 9. The van der Waals surface area contributed by atoms with Gasteiger partial charge in [-0.3, -0.25) is 0 Å². The van der Waals surface area contributed by atoms with Gasteiger partial charge in [0.2, 0.25) is 0 Å². The number of aliphatic hydroxyl groups excluding tert-OH is 9. The van der Waals surface area contributed by atoms with Crippen molar-refractivity contribution in [2.24, 2.45) is 5.73 Å². The molecule has 0 aromatic carbocycles. The first-order valence-corrected chi connectivity index (χ1v) is 17.3. The van der Waals surface area contributed by atoms with Crippen LogP contribution in [0.3, 0.4) is 0 Å². The number of epoxide rings is 3. The number of aliphatic carboxylic acids is 1. The van der Waals surface area contributed by atoms with E-state index >= 15 is 0 Å². The lowest BCUT2D eigenvalue weighted by atomic mass is 9.96. The summed E-state index contributed by atoms with van der Waals surface area (Å²) in [6.45, 7) is -0.797. The van der Waals surface area contributed by atoms with E-state index in [0.29, 0.717) is 0 Å². The molecule has 54 heavy (non-hydrogen) atoms. The molecule has 0 aromatic rings. The van der Waals surface area contributed by atoms with E-state index in [4.69, 9.17) is 67.3 Å². The number of carboxylic acid groups (broad SMARTS) is 1. The van der Waals surface area contributed by atoms with Crippen molar-refractivity contribution in [3.63, 3.8) is 0 Å². The second-order valence-electron chi connectivity index (χ2n) is 13.9. The summed E-state index contributed by atoms with van der Waals surface area (Å²) in [4.78, 5) is 12.8. The van der Waals surface area contributed by atoms with Gasteiger partial charge in [0.25, 0.3) is 0 Å². The zero-order valence-electron chi connectivity index (χ0n) is 27.8. The van der Waals surface area contributed by atoms with Crippen LogP contribution in [-0.4, -0.2) is 231 Å². The molecule has 0 radical (unpaired) electrons. The molecule has 0 amide bonds. The molecule has 8 fully saturated rings. The molecule has 25 heteroatoms. The molecule has 25 unspecified atom stereocenters. The highest BCUT2D eigenvalue weighted by atomic mass is 16.9. The van der Waals surface area contributed by atoms with Gasteiger partial charge in [-0.25, -0.2) is 4.79 Å². The first-order valence-electron chi connectivity index (χ1n) is 17.3. The number of hydrogen-bond acceptors (Lipinski definition) is 24. The van der Waals surface area contributed by atoms with E-state index in [1.807, 2.05) is 0 Å². The fourth-order valence-corrected chi connectivity index (χ4v) is 7.14. The second kappa shape index (κ2) is 15.4. The maximum Gasteiger partial charge on any atom is 0.335 e. The van der Waals surface area contributed by atoms with Crippen molar-refractivity contribution < 1.29 is 117 Å². The third-order valence-electron chi connectivity index (χ3n) is 10.3. The van der Waals surface area contributed by atoms with Gasteiger partial charge in [-0.05, 0) is 0 Å². The summed E-state index contributed by atoms with van der Waals surface area (Å²) < 4.78 is 72.9. The molecular weight excluding hydrogens is 746 g/mol. The van der Waals surface area contributed by atoms with Gasteiger partial charge in [-0.1, -0.05) is 0 Å². The predicted molar refractivity (Wildman–Crippen MR) is 155 cm³/mol. The van der Waals surface area contributed by atoms with Crippen molar-refractivity contribution in [3.8, 4) is 0 Å². The Bertz CT molecular complexity index is 1330. The topological polar surface area (TPSA) is 375 Å². The lowest BCUT2D eigenvalue weighted by molar-refractivity contribution is -0.392. The van der Waals surface area contributed by atoms with Crippen molar-refractivity contribution in [3.05, 3.63) is 0 Å². The van der Waals surface area contributed by atoms with Crippen LogP contribution in [0.2, 0.25) is 0 Å². The van der Waals surface area contributed by atoms with Gasteiger partial charge in [-0.2, -0.15) is 0 Å². The number of carbonyl (C=O) groups is 1. The van der Waals surface area contributed by atoms with E-state index in [2.05, 4.69) is 0 Å². The Morgan fingerprint density at radius 1 is 0.500 bits per heavy atom. The summed E-state index contributed by atoms with van der Waals surface area (Å²) >= 11 is 0. The van der Waals surface area contributed by atoms with Crippen LogP contribution in [0.5, 0.6) is 0 Å². The third-order valence-corrected chi connectivity index (χ3v) is 10.3. The van der Waals surface area contributed by atoms with E-state index in [1.165, 1.54) is 0 Å². The Morgan fingerprint density at radius 3 is 1.59 bits per heavy atom. The van der Waals surface area contributed by atoms with Gasteiger partial charge < -0.3 is 118 Å². The molecule has 0 aromatic heterocycles. The molecule has 308 valence electrons. The largest absolute Gasteiger partial charge is 0.479 e. The van der Waals surface area contributed by atoms with Gasteiger partial charge >= 0.3 is 5.97 Å². The van der Waals surface area contributed by atoms with Crippen LogP contribution >= 0.6 is 0 Å². The summed E-state index contributed by atoms with van der Waals surface area (Å²) in [6, 6.07) is 0. The number of fused-ring (bicyclic) bond motifs is 3. The molecule has 8 aliphatic heterocycles. The van der Waals surface area contributed by atoms with E-state index in [0.717, 1.165) is 0 Å². The van der Waals surface area contributed by atoms with Crippen LogP contribution in [0, 0.1) is 0 Å². The Kier molecular flexibility index (Phi) is 11.2. The minimum atomic E-state index is -2.18. The number of hydrogen-bond donors (Lipinski definition) is 11. The van der Waals surface area contributed by atoms with Crippen LogP contribution < -0.4 is 5.73 Å². The average molecular weight is 790 g/mol. The van der Waals surface area contributed by atoms with Gasteiger partial charge in [-0.15, -0.1) is 0 Å². The highest BCUT2D eigenvalue weighted by molar-refractivity contribution is 5.73. The zero-order chi connectivity index (χ0) is 38.3. The van der Waals surface area contributed by atoms with E-state index in [-0.39, 0.29) is 13.2 Å². The van der Waals surface area contributed by atoms with Crippen molar-refractivity contribution in [1.29, 1.82) is 0 Å². The maximum atomic E-state index is 12.8. The van der Waals surface area contributed by atoms with Crippen molar-refractivity contribution in [1.82, 2.24) is 0 Å². The van der Waals surface area contributed by atoms with Crippen LogP contribution in [0.15, 0.2) is 0 Å². The fraction of sp³-hybridized carbons (Fsp3) is 0.966. The van der Waals surface area contributed by atoms with Gasteiger partial charge in [0.1, 0.15) is 97.7 Å². The molecule has 25 atom stereocenters. The third kappa shape index (κ3) is 7.28. The zero-order valence-corrected chi connectivity index (χ0v) is 27.8. The summed E-state index contributed by atoms with van der Waals surface area (Å²) in [7, 11) is 0. The number of rotatable bonds is 13. The molecule has 8 saturated heterocycles. The first kappa shape index (κ1) is 39.4. The Labute approximate surface area is 303 Å². The monoisotopic (exact) mass is 789 g/mol. The average Bonchev–Trinajstić information content (AvgIpc) is 4.03. The molecule has 0 bridgehead atoms. The summed E-state index contributed by atoms with van der Waals surface area (Å²) in [6.07, 6.45) is -39.1. The van der Waals surface area contributed by atoms with Crippen molar-refractivity contribution in [2.45, 2.75) is 154 Å². The maximum absolute atomic E-state index is 12.8. The lowest BCUT2D eigenvalue weighted by Crippen LogP contribution is -2.68. The minimum absolute atomic E-state index is 0.00950. The molecule has 0 saturated carbocycles. The van der Waals surface area contributed by atoms with Crippen LogP contribution in [0.25, 0.3) is 0 Å². The molecule has 0 spiro atoms. The smallest absolute Gasteiger partial charge is 0.335 e. The molecule has 12 N–H and O–H groups in total. The standard InChI is InChI=1S/C29H43NO24/c30-1-2-42-25-15(10(37)17-27(48-17)53-25)47-28-16(11(38)18-29(49-18)54-28)45-24-12(39)13(44-22-8(35)6(33)5(32)4(3-31)43-22)19(20(51-24)21(40)41)50-23-9(36)7(34)14-26(46-14)52-23/h4-20,22-29,31-39H,1-3,30H2,(H,40,41). The SMILES string of the molecule is NCCOC1OC2OC2C(O)C1OC1OC2OC2C(O)C1OC1OC(C(=O)O)C(OC2OC3OC3C(O)C2O)C(OC2OC(CO)C(O)C(O)C2O)C1O. The summed E-state index contributed by atoms with van der Waals surface area (Å²) in [5.41, 5.74) is 5.56. The quantitative estimate of drug-likeness (QED) is 0.0772. The van der Waals surface area contributed by atoms with E-state index < -0.39 is 167 Å². The number of carboxylic acids is 1. The molecule has 0 aliphatic carbocycles. The van der Waals surface area contributed by atoms with Crippen molar-refractivity contribution in [2.75, 3.05) is 19.8 Å². The fourth-order valence-electron chi connectivity index (χ4n) is 7.14. The first-order chi connectivity index (χ1) is 25.8. The van der Waals surface area contributed by atoms with Gasteiger partial charge in [0, 0.05) is 6.54 Å².